The molecule has 10 nitrogen and oxygen atoms in total. The molecule has 2 aliphatic carbocycles. The highest BCUT2D eigenvalue weighted by molar-refractivity contribution is 5.91. The highest BCUT2D eigenvalue weighted by Crippen LogP contribution is 2.62. The van der Waals surface area contributed by atoms with E-state index in [2.05, 4.69) is 22.3 Å². The maximum absolute atomic E-state index is 13.9. The molecule has 11 atom stereocenters. The minimum absolute atomic E-state index is 0.186. The van der Waals surface area contributed by atoms with Gasteiger partial charge in [-0.25, -0.2) is 4.79 Å². The molecule has 1 aromatic rings. The fraction of sp³-hybridized carbons (Fsp3) is 0.645. The Hall–Kier alpha value is -2.95. The fourth-order valence-electron chi connectivity index (χ4n) is 7.81. The first-order valence-corrected chi connectivity index (χ1v) is 14.6. The maximum Gasteiger partial charge on any atom is 0.355 e. The summed E-state index contributed by atoms with van der Waals surface area (Å²) in [5.41, 5.74) is 0.877. The lowest BCUT2D eigenvalue weighted by molar-refractivity contribution is -0.159. The molecule has 1 saturated heterocycles. The smallest absolute Gasteiger partial charge is 0.355 e. The number of hydrogen-bond donors (Lipinski definition) is 2. The van der Waals surface area contributed by atoms with Crippen LogP contribution in [0.3, 0.4) is 0 Å². The molecule has 1 aromatic heterocycles. The number of rotatable bonds is 8. The summed E-state index contributed by atoms with van der Waals surface area (Å²) in [5, 5.41) is 16.2. The van der Waals surface area contributed by atoms with Crippen molar-refractivity contribution >= 4 is 17.7 Å². The molecule has 3 heterocycles. The maximum atomic E-state index is 13.9. The number of nitrogens with zero attached hydrogens (tertiary/aromatic N) is 1. The molecule has 0 unspecified atom stereocenters. The SMILES string of the molecule is CC/C(=N\OC)[C@H]1OC(=O)[C@H](CC)[C@H]2C=C[C@H]3[C@H]4O[C@]2(/C(C)=C/[C@H]1C)[C@@H]3[C@H](O)[C@@H](COC)[C@H]4OC(=O)c1ccc[nH]1. The summed E-state index contributed by atoms with van der Waals surface area (Å²) < 4.78 is 24.9. The number of aliphatic hydroxyl groups is 1. The molecule has 10 heteroatoms. The molecule has 4 bridgehead atoms. The average molecular weight is 571 g/mol. The van der Waals surface area contributed by atoms with Gasteiger partial charge in [-0.15, -0.1) is 0 Å². The van der Waals surface area contributed by atoms with E-state index in [1.54, 1.807) is 25.4 Å². The van der Waals surface area contributed by atoms with Crippen LogP contribution in [0, 0.1) is 35.5 Å². The summed E-state index contributed by atoms with van der Waals surface area (Å²) in [6.45, 7) is 8.10. The lowest BCUT2D eigenvalue weighted by Gasteiger charge is -2.49. The molecule has 0 aromatic carbocycles. The standard InChI is InChI=1S/C31H42N2O8/c1-7-18-21-12-11-19-24-25(34)20(15-37-5)27(40-30(36)23-10-9-13-32-23)28(19)41-31(21,24)17(4)14-16(3)26(39-29(18)35)22(8-2)33-38-6/h9-14,16,18-21,24-28,32,34H,7-8,15H2,1-6H3/b17-14+,33-22+/t16-,18-,19-,20-,21-,24+,25-,26+,27-,28-,31+/m1/s1. The first kappa shape index (κ1) is 29.5. The van der Waals surface area contributed by atoms with E-state index in [0.29, 0.717) is 24.2 Å². The number of methoxy groups -OCH3 is 1. The second kappa shape index (κ2) is 11.7. The highest BCUT2D eigenvalue weighted by Gasteiger charge is 2.70. The van der Waals surface area contributed by atoms with Gasteiger partial charge in [0.1, 0.15) is 36.7 Å². The Morgan fingerprint density at radius 1 is 1.24 bits per heavy atom. The number of nitrogens with one attached hydrogen (secondary N) is 1. The third-order valence-electron chi connectivity index (χ3n) is 9.55. The van der Waals surface area contributed by atoms with Crippen LogP contribution >= 0.6 is 0 Å². The van der Waals surface area contributed by atoms with Crippen molar-refractivity contribution in [3.63, 3.8) is 0 Å². The zero-order valence-electron chi connectivity index (χ0n) is 24.6. The summed E-state index contributed by atoms with van der Waals surface area (Å²) >= 11 is 0. The summed E-state index contributed by atoms with van der Waals surface area (Å²) in [6, 6.07) is 3.38. The highest BCUT2D eigenvalue weighted by atomic mass is 16.6. The third kappa shape index (κ3) is 4.73. The molecular weight excluding hydrogens is 528 g/mol. The first-order valence-electron chi connectivity index (χ1n) is 14.6. The number of carbonyl (C=O) groups is 2. The van der Waals surface area contributed by atoms with E-state index < -0.39 is 53.7 Å². The van der Waals surface area contributed by atoms with Gasteiger partial charge in [0.25, 0.3) is 0 Å². The molecule has 0 amide bonds. The van der Waals surface area contributed by atoms with E-state index in [0.717, 1.165) is 5.57 Å². The fourth-order valence-corrected chi connectivity index (χ4v) is 7.81. The van der Waals surface area contributed by atoms with E-state index in [-0.39, 0.29) is 30.3 Å². The Balaban J connectivity index is 1.62. The van der Waals surface area contributed by atoms with Gasteiger partial charge in [-0.2, -0.15) is 0 Å². The molecule has 1 spiro atoms. The van der Waals surface area contributed by atoms with Crippen molar-refractivity contribution < 1.29 is 38.5 Å². The van der Waals surface area contributed by atoms with Gasteiger partial charge in [0, 0.05) is 42.9 Å². The predicted octanol–water partition coefficient (Wildman–Crippen LogP) is 3.68. The van der Waals surface area contributed by atoms with Gasteiger partial charge in [-0.3, -0.25) is 4.79 Å². The normalized spacial score (nSPS) is 41.3. The largest absolute Gasteiger partial charge is 0.455 e. The van der Waals surface area contributed by atoms with Crippen LogP contribution in [0.4, 0.5) is 0 Å². The Labute approximate surface area is 241 Å². The van der Waals surface area contributed by atoms with Crippen molar-refractivity contribution in [1.82, 2.24) is 4.98 Å². The second-order valence-electron chi connectivity index (χ2n) is 11.7. The van der Waals surface area contributed by atoms with Crippen LogP contribution in [0.1, 0.15) is 51.0 Å². The molecule has 2 N–H and O–H groups in total. The predicted molar refractivity (Wildman–Crippen MR) is 150 cm³/mol. The van der Waals surface area contributed by atoms with Crippen LogP contribution in [-0.4, -0.2) is 78.6 Å². The third-order valence-corrected chi connectivity index (χ3v) is 9.55. The van der Waals surface area contributed by atoms with Crippen LogP contribution in [0.25, 0.3) is 0 Å². The molecule has 224 valence electrons. The van der Waals surface area contributed by atoms with Gasteiger partial charge in [-0.1, -0.05) is 44.2 Å². The van der Waals surface area contributed by atoms with Crippen LogP contribution in [0.2, 0.25) is 0 Å². The number of aliphatic hydroxyl groups excluding tert-OH is 1. The van der Waals surface area contributed by atoms with Crippen molar-refractivity contribution in [2.45, 2.75) is 70.6 Å². The zero-order chi connectivity index (χ0) is 29.5. The van der Waals surface area contributed by atoms with Crippen molar-refractivity contribution in [3.05, 3.63) is 47.8 Å². The van der Waals surface area contributed by atoms with Gasteiger partial charge in [-0.05, 0) is 37.5 Å². The quantitative estimate of drug-likeness (QED) is 0.210. The summed E-state index contributed by atoms with van der Waals surface area (Å²) in [7, 11) is 3.05. The van der Waals surface area contributed by atoms with Gasteiger partial charge >= 0.3 is 11.9 Å². The van der Waals surface area contributed by atoms with E-state index >= 15 is 0 Å². The molecule has 2 aliphatic heterocycles. The Morgan fingerprint density at radius 2 is 2.02 bits per heavy atom. The van der Waals surface area contributed by atoms with E-state index in [9.17, 15) is 14.7 Å². The summed E-state index contributed by atoms with van der Waals surface area (Å²) in [6.07, 6.45) is 6.09. The lowest BCUT2D eigenvalue weighted by atomic mass is 9.56. The second-order valence-corrected chi connectivity index (χ2v) is 11.7. The van der Waals surface area contributed by atoms with E-state index in [1.165, 1.54) is 7.11 Å². The number of carbonyl (C=O) groups excluding carboxylic acids is 2. The zero-order valence-corrected chi connectivity index (χ0v) is 24.6. The van der Waals surface area contributed by atoms with Gasteiger partial charge in [0.15, 0.2) is 0 Å². The number of oxime groups is 1. The number of esters is 2. The number of ether oxygens (including phenoxy) is 4. The molecular formula is C31H42N2O8. The molecule has 41 heavy (non-hydrogen) atoms. The van der Waals surface area contributed by atoms with Gasteiger partial charge < -0.3 is 33.9 Å². The summed E-state index contributed by atoms with van der Waals surface area (Å²) in [5.74, 6) is -3.13. The monoisotopic (exact) mass is 570 g/mol. The Morgan fingerprint density at radius 3 is 2.66 bits per heavy atom. The van der Waals surface area contributed by atoms with Crippen LogP contribution in [-0.2, 0) is 28.6 Å². The molecule has 2 fully saturated rings. The minimum atomic E-state index is -1.00. The molecule has 5 rings (SSSR count). The van der Waals surface area contributed by atoms with E-state index in [1.807, 2.05) is 33.8 Å². The van der Waals surface area contributed by atoms with Gasteiger partial charge in [0.05, 0.1) is 24.3 Å². The van der Waals surface area contributed by atoms with Crippen LogP contribution in [0.5, 0.6) is 0 Å². The van der Waals surface area contributed by atoms with Crippen molar-refractivity contribution in [1.29, 1.82) is 0 Å². The number of hydrogen-bond acceptors (Lipinski definition) is 9. The summed E-state index contributed by atoms with van der Waals surface area (Å²) in [4.78, 5) is 35.0. The minimum Gasteiger partial charge on any atom is -0.455 e. The van der Waals surface area contributed by atoms with Crippen LogP contribution < -0.4 is 0 Å². The number of aromatic amines is 1. The average Bonchev–Trinajstić information content (AvgIpc) is 3.56. The number of cyclic esters (lactones) is 1. The molecule has 1 saturated carbocycles. The molecule has 0 radical (unpaired) electrons. The van der Waals surface area contributed by atoms with Crippen molar-refractivity contribution in [2.24, 2.45) is 40.7 Å². The van der Waals surface area contributed by atoms with Crippen LogP contribution in [0.15, 0.2) is 47.3 Å². The number of H-pyrrole nitrogens is 1. The Bertz CT molecular complexity index is 1210. The molecule has 4 aliphatic rings. The lowest BCUT2D eigenvalue weighted by Crippen LogP contribution is -2.59. The van der Waals surface area contributed by atoms with Gasteiger partial charge in [0.2, 0.25) is 0 Å². The Kier molecular flexibility index (Phi) is 8.46. The van der Waals surface area contributed by atoms with E-state index in [4.69, 9.17) is 23.8 Å². The first-order chi connectivity index (χ1) is 19.7. The van der Waals surface area contributed by atoms with Crippen molar-refractivity contribution in [2.75, 3.05) is 20.8 Å². The topological polar surface area (TPSA) is 129 Å². The van der Waals surface area contributed by atoms with Crippen molar-refractivity contribution in [3.8, 4) is 0 Å². The number of aromatic nitrogens is 1.